The molecule has 1 N–H and O–H groups in total. The van der Waals surface area contributed by atoms with Crippen molar-refractivity contribution in [2.75, 3.05) is 26.7 Å². The Bertz CT molecular complexity index is 1200. The number of rotatable bonds is 4. The maximum Gasteiger partial charge on any atom is 0.286 e. The van der Waals surface area contributed by atoms with E-state index in [0.29, 0.717) is 51.0 Å². The number of piperazine rings is 1. The molecule has 2 aromatic rings. The van der Waals surface area contributed by atoms with Gasteiger partial charge in [-0.2, -0.15) is 10.3 Å². The molecule has 2 aliphatic heterocycles. The lowest BCUT2D eigenvalue weighted by Crippen LogP contribution is -2.49. The van der Waals surface area contributed by atoms with Crippen LogP contribution in [-0.4, -0.2) is 48.6 Å². The van der Waals surface area contributed by atoms with Gasteiger partial charge in [0.15, 0.2) is 16.7 Å². The van der Waals surface area contributed by atoms with Crippen LogP contribution in [0.15, 0.2) is 46.3 Å². The number of hydrogen-bond donors (Lipinski definition) is 1. The molecular formula is C22H17ClN4O4S. The molecule has 0 spiro atoms. The molecule has 2 aliphatic rings. The minimum Gasteiger partial charge on any atom is -0.493 e. The number of carbonyl (C=O) groups excluding carboxylic acids is 2. The van der Waals surface area contributed by atoms with E-state index in [4.69, 9.17) is 26.3 Å². The van der Waals surface area contributed by atoms with Gasteiger partial charge in [0.2, 0.25) is 5.91 Å². The Balaban J connectivity index is 1.52. The fourth-order valence-electron chi connectivity index (χ4n) is 3.12. The van der Waals surface area contributed by atoms with Gasteiger partial charge in [0, 0.05) is 13.1 Å². The summed E-state index contributed by atoms with van der Waals surface area (Å²) in [6, 6.07) is 12.0. The number of nitriles is 1. The van der Waals surface area contributed by atoms with Gasteiger partial charge in [0.05, 0.1) is 35.2 Å². The van der Waals surface area contributed by atoms with E-state index in [1.54, 1.807) is 41.3 Å². The van der Waals surface area contributed by atoms with Crippen LogP contribution in [0, 0.1) is 11.3 Å². The van der Waals surface area contributed by atoms with Crippen LogP contribution >= 0.6 is 23.4 Å². The first-order valence-electron chi connectivity index (χ1n) is 9.56. The van der Waals surface area contributed by atoms with Gasteiger partial charge in [-0.1, -0.05) is 17.7 Å². The topological polar surface area (TPSA) is 104 Å². The summed E-state index contributed by atoms with van der Waals surface area (Å²) >= 11 is 7.43. The van der Waals surface area contributed by atoms with Crippen molar-refractivity contribution >= 4 is 46.4 Å². The predicted molar refractivity (Wildman–Crippen MR) is 122 cm³/mol. The highest BCUT2D eigenvalue weighted by Crippen LogP contribution is 2.37. The monoisotopic (exact) mass is 468 g/mol. The van der Waals surface area contributed by atoms with Crippen LogP contribution in [0.25, 0.3) is 6.08 Å². The molecule has 0 aliphatic carbocycles. The van der Waals surface area contributed by atoms with Crippen molar-refractivity contribution in [1.82, 2.24) is 10.2 Å². The first-order chi connectivity index (χ1) is 15.5. The Morgan fingerprint density at radius 2 is 2.03 bits per heavy atom. The molecule has 0 aromatic heterocycles. The first-order valence-corrected chi connectivity index (χ1v) is 10.8. The third-order valence-electron chi connectivity index (χ3n) is 4.68. The summed E-state index contributed by atoms with van der Waals surface area (Å²) in [6.45, 7) is 1.31. The molecule has 0 radical (unpaired) electrons. The second-order valence-corrected chi connectivity index (χ2v) is 8.27. The van der Waals surface area contributed by atoms with Gasteiger partial charge in [-0.05, 0) is 53.7 Å². The number of nitrogens with one attached hydrogen (secondary N) is 1. The smallest absolute Gasteiger partial charge is 0.286 e. The maximum absolute atomic E-state index is 12.4. The fraction of sp³-hybridized carbons (Fsp3) is 0.182. The lowest BCUT2D eigenvalue weighted by molar-refractivity contribution is -0.123. The van der Waals surface area contributed by atoms with Crippen molar-refractivity contribution < 1.29 is 19.1 Å². The number of hydrogen-bond acceptors (Lipinski definition) is 7. The summed E-state index contributed by atoms with van der Waals surface area (Å²) < 4.78 is 11.3. The maximum atomic E-state index is 12.4. The normalized spacial score (nSPS) is 17.1. The van der Waals surface area contributed by atoms with Gasteiger partial charge in [0.1, 0.15) is 5.75 Å². The Hall–Kier alpha value is -3.48. The lowest BCUT2D eigenvalue weighted by atomic mass is 10.2. The summed E-state index contributed by atoms with van der Waals surface area (Å²) in [5, 5.41) is 12.5. The number of nitrogens with zero attached hydrogens (tertiary/aromatic N) is 3. The zero-order chi connectivity index (χ0) is 22.7. The van der Waals surface area contributed by atoms with Gasteiger partial charge in [-0.25, -0.2) is 0 Å². The van der Waals surface area contributed by atoms with E-state index in [1.807, 2.05) is 6.07 Å². The first kappa shape index (κ1) is 21.7. The molecule has 1 saturated heterocycles. The van der Waals surface area contributed by atoms with E-state index in [2.05, 4.69) is 10.3 Å². The third kappa shape index (κ3) is 4.72. The number of ether oxygens (including phenoxy) is 2. The Kier molecular flexibility index (Phi) is 6.35. The molecule has 2 amide bonds. The molecule has 0 atom stereocenters. The number of benzene rings is 2. The average molecular weight is 469 g/mol. The van der Waals surface area contributed by atoms with Crippen molar-refractivity contribution in [2.45, 2.75) is 0 Å². The van der Waals surface area contributed by atoms with Crippen molar-refractivity contribution in [3.63, 3.8) is 0 Å². The summed E-state index contributed by atoms with van der Waals surface area (Å²) in [4.78, 5) is 30.3. The zero-order valence-electron chi connectivity index (χ0n) is 16.9. The predicted octanol–water partition coefficient (Wildman–Crippen LogP) is 3.41. The molecule has 2 aromatic carbocycles. The van der Waals surface area contributed by atoms with Crippen LogP contribution in [0.2, 0.25) is 5.02 Å². The highest BCUT2D eigenvalue weighted by Gasteiger charge is 2.28. The summed E-state index contributed by atoms with van der Waals surface area (Å²) in [7, 11) is 1.51. The fourth-order valence-corrected chi connectivity index (χ4v) is 4.27. The van der Waals surface area contributed by atoms with E-state index < -0.39 is 0 Å². The highest BCUT2D eigenvalue weighted by atomic mass is 35.5. The van der Waals surface area contributed by atoms with E-state index in [1.165, 1.54) is 24.9 Å². The van der Waals surface area contributed by atoms with Crippen LogP contribution in [0.4, 0.5) is 0 Å². The second kappa shape index (κ2) is 9.34. The van der Waals surface area contributed by atoms with Gasteiger partial charge >= 0.3 is 0 Å². The molecule has 2 heterocycles. The minimum absolute atomic E-state index is 0.0906. The number of aliphatic imine (C=N–C) groups is 1. The molecule has 0 bridgehead atoms. The van der Waals surface area contributed by atoms with Crippen LogP contribution in [-0.2, 0) is 9.59 Å². The minimum atomic E-state index is -0.348. The molecule has 162 valence electrons. The molecular weight excluding hydrogens is 452 g/mol. The van der Waals surface area contributed by atoms with Crippen LogP contribution in [0.1, 0.15) is 11.1 Å². The van der Waals surface area contributed by atoms with E-state index in [-0.39, 0.29) is 18.4 Å². The van der Waals surface area contributed by atoms with Crippen LogP contribution < -0.4 is 14.8 Å². The zero-order valence-corrected chi connectivity index (χ0v) is 18.5. The molecule has 1 fully saturated rings. The Labute approximate surface area is 193 Å². The quantitative estimate of drug-likeness (QED) is 0.685. The molecule has 4 rings (SSSR count). The third-order valence-corrected chi connectivity index (χ3v) is 6.02. The van der Waals surface area contributed by atoms with E-state index >= 15 is 0 Å². The molecule has 10 heteroatoms. The molecule has 0 unspecified atom stereocenters. The largest absolute Gasteiger partial charge is 0.493 e. The second-order valence-electron chi connectivity index (χ2n) is 6.85. The number of amides is 2. The van der Waals surface area contributed by atoms with Crippen molar-refractivity contribution in [3.8, 4) is 23.3 Å². The summed E-state index contributed by atoms with van der Waals surface area (Å²) in [5.74, 6) is 0.832. The van der Waals surface area contributed by atoms with Gasteiger partial charge in [-0.15, -0.1) is 0 Å². The van der Waals surface area contributed by atoms with Crippen molar-refractivity contribution in [2.24, 2.45) is 4.99 Å². The highest BCUT2D eigenvalue weighted by molar-refractivity contribution is 8.18. The number of halogens is 1. The van der Waals surface area contributed by atoms with Crippen LogP contribution in [0.5, 0.6) is 17.2 Å². The Morgan fingerprint density at radius 3 is 2.75 bits per heavy atom. The average Bonchev–Trinajstić information content (AvgIpc) is 3.16. The molecule has 0 saturated carbocycles. The van der Waals surface area contributed by atoms with E-state index in [9.17, 15) is 9.59 Å². The van der Waals surface area contributed by atoms with Crippen molar-refractivity contribution in [1.29, 1.82) is 5.26 Å². The van der Waals surface area contributed by atoms with Crippen molar-refractivity contribution in [3.05, 3.63) is 57.5 Å². The van der Waals surface area contributed by atoms with Gasteiger partial charge in [0.25, 0.3) is 5.91 Å². The number of amidine groups is 1. The molecule has 8 nitrogen and oxygen atoms in total. The van der Waals surface area contributed by atoms with Crippen LogP contribution in [0.3, 0.4) is 0 Å². The number of carbonyl (C=O) groups is 2. The standard InChI is InChI=1S/C22H17ClN4O4S/c1-30-18-9-13(2-5-17(18)31-16-4-3-14(11-24)8-15(16)23)10-19-21(29)26-22(32-19)27-7-6-25-20(28)12-27/h2-5,8-10H,6-7,12H2,1H3,(H,25,28)/b19-10-. The van der Waals surface area contributed by atoms with Gasteiger partial charge in [-0.3, -0.25) is 9.59 Å². The number of methoxy groups -OCH3 is 1. The molecule has 32 heavy (non-hydrogen) atoms. The number of thioether (sulfide) groups is 1. The van der Waals surface area contributed by atoms with E-state index in [0.717, 1.165) is 5.56 Å². The van der Waals surface area contributed by atoms with Gasteiger partial charge < -0.3 is 19.7 Å². The lowest BCUT2D eigenvalue weighted by Gasteiger charge is -2.27. The summed E-state index contributed by atoms with van der Waals surface area (Å²) in [6.07, 6.45) is 1.72. The Morgan fingerprint density at radius 1 is 1.22 bits per heavy atom. The SMILES string of the molecule is COc1cc(/C=C2\SC(N3CCNC(=O)C3)=NC2=O)ccc1Oc1ccc(C#N)cc1Cl. The summed E-state index contributed by atoms with van der Waals surface area (Å²) in [5.41, 5.74) is 1.16.